The minimum Gasteiger partial charge on any atom is -0.492 e. The van der Waals surface area contributed by atoms with Gasteiger partial charge in [-0.3, -0.25) is 24.6 Å². The molecule has 39 heavy (non-hydrogen) atoms. The predicted molar refractivity (Wildman–Crippen MR) is 149 cm³/mol. The number of ether oxygens (including phenoxy) is 1. The molecule has 0 saturated carbocycles. The fourth-order valence-corrected chi connectivity index (χ4v) is 6.60. The number of nitrogens with zero attached hydrogens (tertiary/aromatic N) is 3. The molecule has 4 aliphatic rings. The lowest BCUT2D eigenvalue weighted by molar-refractivity contribution is -0.136. The van der Waals surface area contributed by atoms with Crippen LogP contribution in [0, 0.1) is 0 Å². The number of anilines is 1. The van der Waals surface area contributed by atoms with Crippen molar-refractivity contribution in [1.82, 2.24) is 15.1 Å². The summed E-state index contributed by atoms with van der Waals surface area (Å²) in [6.07, 6.45) is 8.02. The molecule has 2 aromatic carbocycles. The quantitative estimate of drug-likeness (QED) is 0.548. The lowest BCUT2D eigenvalue weighted by atomic mass is 10.0. The van der Waals surface area contributed by atoms with Gasteiger partial charge in [0.05, 0.1) is 0 Å². The van der Waals surface area contributed by atoms with Gasteiger partial charge in [-0.2, -0.15) is 0 Å². The number of carbonyl (C=O) groups excluding carboxylic acids is 3. The Morgan fingerprint density at radius 2 is 1.72 bits per heavy atom. The van der Waals surface area contributed by atoms with Gasteiger partial charge in [-0.25, -0.2) is 0 Å². The number of hydrogen-bond acceptors (Lipinski definition) is 6. The Kier molecular flexibility index (Phi) is 7.55. The summed E-state index contributed by atoms with van der Waals surface area (Å²) in [4.78, 5) is 43.6. The van der Waals surface area contributed by atoms with Crippen molar-refractivity contribution in [1.29, 1.82) is 0 Å². The maximum Gasteiger partial charge on any atom is 0.255 e. The van der Waals surface area contributed by atoms with Crippen molar-refractivity contribution in [3.8, 4) is 5.75 Å². The van der Waals surface area contributed by atoms with Crippen molar-refractivity contribution in [2.24, 2.45) is 0 Å². The maximum atomic E-state index is 13.0. The third kappa shape index (κ3) is 5.53. The standard InChI is InChI=1S/C31H38N4O4/c36-29-14-13-28(30(37)32-29)35-20-23-18-25(11-12-26(23)31(35)38)39-21-24-9-4-7-17-34(24)19-22-8-2-3-10-27(22)33-15-5-1-6-16-33/h2-3,8,10-12,18,24,28H,1,4-7,9,13-17,19-21H2,(H,32,36,37)/t24-,28?/m1/s1. The minimum absolute atomic E-state index is 0.156. The molecule has 8 heteroatoms. The summed E-state index contributed by atoms with van der Waals surface area (Å²) in [5.74, 6) is -0.0613. The molecule has 206 valence electrons. The molecular formula is C31H38N4O4. The number of para-hydroxylation sites is 1. The highest BCUT2D eigenvalue weighted by Crippen LogP contribution is 2.31. The first-order valence-corrected chi connectivity index (χ1v) is 14.5. The molecule has 0 radical (unpaired) electrons. The molecule has 3 saturated heterocycles. The van der Waals surface area contributed by atoms with Gasteiger partial charge in [0.1, 0.15) is 18.4 Å². The molecule has 3 amide bonds. The second kappa shape index (κ2) is 11.4. The van der Waals surface area contributed by atoms with Crippen LogP contribution < -0.4 is 15.0 Å². The number of imide groups is 1. The number of benzene rings is 2. The third-order valence-electron chi connectivity index (χ3n) is 8.75. The summed E-state index contributed by atoms with van der Waals surface area (Å²) < 4.78 is 6.33. The van der Waals surface area contributed by atoms with E-state index < -0.39 is 6.04 Å². The first-order chi connectivity index (χ1) is 19.1. The Morgan fingerprint density at radius 1 is 0.897 bits per heavy atom. The van der Waals surface area contributed by atoms with Gasteiger partial charge in [-0.1, -0.05) is 24.6 Å². The van der Waals surface area contributed by atoms with Crippen molar-refractivity contribution in [2.45, 2.75) is 76.5 Å². The van der Waals surface area contributed by atoms with E-state index in [9.17, 15) is 14.4 Å². The Balaban J connectivity index is 1.10. The molecule has 2 atom stereocenters. The van der Waals surface area contributed by atoms with E-state index >= 15 is 0 Å². The smallest absolute Gasteiger partial charge is 0.255 e. The van der Waals surface area contributed by atoms with Crippen LogP contribution in [0.2, 0.25) is 0 Å². The molecular weight excluding hydrogens is 492 g/mol. The van der Waals surface area contributed by atoms with E-state index in [1.165, 1.54) is 43.4 Å². The second-order valence-electron chi connectivity index (χ2n) is 11.3. The zero-order valence-electron chi connectivity index (χ0n) is 22.6. The van der Waals surface area contributed by atoms with E-state index in [0.717, 1.165) is 43.9 Å². The molecule has 4 aliphatic heterocycles. The van der Waals surface area contributed by atoms with Crippen LogP contribution in [0.5, 0.6) is 5.75 Å². The van der Waals surface area contributed by atoms with E-state index in [1.54, 1.807) is 4.90 Å². The SMILES string of the molecule is O=C1CCC(N2Cc3cc(OC[C@H]4CCCCN4Cc4ccccc4N4CCCCC4)ccc3C2=O)C(=O)N1. The fraction of sp³-hybridized carbons (Fsp3) is 0.516. The molecule has 3 fully saturated rings. The molecule has 0 spiro atoms. The normalized spacial score (nSPS) is 24.1. The molecule has 1 unspecified atom stereocenters. The zero-order chi connectivity index (χ0) is 26.8. The summed E-state index contributed by atoms with van der Waals surface area (Å²) in [5, 5.41) is 2.36. The summed E-state index contributed by atoms with van der Waals surface area (Å²) >= 11 is 0. The van der Waals surface area contributed by atoms with E-state index in [2.05, 4.69) is 39.4 Å². The molecule has 0 aromatic heterocycles. The summed E-state index contributed by atoms with van der Waals surface area (Å²) in [6, 6.07) is 14.2. The lowest BCUT2D eigenvalue weighted by Crippen LogP contribution is -2.52. The van der Waals surface area contributed by atoms with Crippen LogP contribution in [-0.4, -0.2) is 65.8 Å². The topological polar surface area (TPSA) is 82.2 Å². The Labute approximate surface area is 230 Å². The van der Waals surface area contributed by atoms with Crippen molar-refractivity contribution in [2.75, 3.05) is 31.1 Å². The first kappa shape index (κ1) is 25.9. The third-order valence-corrected chi connectivity index (χ3v) is 8.75. The minimum atomic E-state index is -0.601. The Morgan fingerprint density at radius 3 is 2.56 bits per heavy atom. The van der Waals surface area contributed by atoms with Crippen molar-refractivity contribution < 1.29 is 19.1 Å². The molecule has 1 N–H and O–H groups in total. The molecule has 0 aliphatic carbocycles. The highest BCUT2D eigenvalue weighted by atomic mass is 16.5. The lowest BCUT2D eigenvalue weighted by Gasteiger charge is -2.37. The molecule has 4 heterocycles. The van der Waals surface area contributed by atoms with E-state index in [4.69, 9.17) is 4.74 Å². The zero-order valence-corrected chi connectivity index (χ0v) is 22.6. The summed E-state index contributed by atoms with van der Waals surface area (Å²) in [7, 11) is 0. The van der Waals surface area contributed by atoms with Gasteiger partial charge < -0.3 is 14.5 Å². The average molecular weight is 531 g/mol. The van der Waals surface area contributed by atoms with Gasteiger partial charge in [0.25, 0.3) is 5.91 Å². The van der Waals surface area contributed by atoms with Crippen LogP contribution in [0.15, 0.2) is 42.5 Å². The number of likely N-dealkylation sites (tertiary alicyclic amines) is 1. The van der Waals surface area contributed by atoms with Crippen molar-refractivity contribution in [3.63, 3.8) is 0 Å². The number of hydrogen-bond donors (Lipinski definition) is 1. The molecule has 8 nitrogen and oxygen atoms in total. The monoisotopic (exact) mass is 530 g/mol. The molecule has 2 aromatic rings. The number of fused-ring (bicyclic) bond motifs is 1. The Bertz CT molecular complexity index is 1240. The number of piperidine rings is 3. The second-order valence-corrected chi connectivity index (χ2v) is 11.3. The summed E-state index contributed by atoms with van der Waals surface area (Å²) in [5.41, 5.74) is 4.26. The first-order valence-electron chi connectivity index (χ1n) is 14.5. The molecule has 0 bridgehead atoms. The number of amides is 3. The Hall–Kier alpha value is -3.39. The van der Waals surface area contributed by atoms with E-state index in [0.29, 0.717) is 31.2 Å². The van der Waals surface area contributed by atoms with Crippen LogP contribution in [0.1, 0.15) is 72.9 Å². The van der Waals surface area contributed by atoms with Gasteiger partial charge in [0.2, 0.25) is 11.8 Å². The van der Waals surface area contributed by atoms with Crippen LogP contribution in [-0.2, 0) is 22.7 Å². The van der Waals surface area contributed by atoms with Crippen molar-refractivity contribution >= 4 is 23.4 Å². The van der Waals surface area contributed by atoms with Crippen molar-refractivity contribution in [3.05, 3.63) is 59.2 Å². The van der Waals surface area contributed by atoms with Gasteiger partial charge in [-0.05, 0) is 80.5 Å². The van der Waals surface area contributed by atoms with E-state index in [1.807, 2.05) is 18.2 Å². The van der Waals surface area contributed by atoms with Gasteiger partial charge in [0.15, 0.2) is 0 Å². The number of nitrogens with one attached hydrogen (secondary N) is 1. The number of carbonyl (C=O) groups is 3. The maximum absolute atomic E-state index is 13.0. The summed E-state index contributed by atoms with van der Waals surface area (Å²) in [6.45, 7) is 5.26. The van der Waals surface area contributed by atoms with Gasteiger partial charge in [-0.15, -0.1) is 0 Å². The average Bonchev–Trinajstić information content (AvgIpc) is 3.28. The van der Waals surface area contributed by atoms with Crippen LogP contribution >= 0.6 is 0 Å². The fourth-order valence-electron chi connectivity index (χ4n) is 6.60. The van der Waals surface area contributed by atoms with Crippen LogP contribution in [0.3, 0.4) is 0 Å². The highest BCUT2D eigenvalue weighted by molar-refractivity contribution is 6.05. The van der Waals surface area contributed by atoms with Crippen LogP contribution in [0.4, 0.5) is 5.69 Å². The van der Waals surface area contributed by atoms with E-state index in [-0.39, 0.29) is 24.1 Å². The number of rotatable bonds is 7. The predicted octanol–water partition coefficient (Wildman–Crippen LogP) is 3.87. The largest absolute Gasteiger partial charge is 0.492 e. The van der Waals surface area contributed by atoms with Gasteiger partial charge >= 0.3 is 0 Å². The van der Waals surface area contributed by atoms with Crippen LogP contribution in [0.25, 0.3) is 0 Å². The highest BCUT2D eigenvalue weighted by Gasteiger charge is 2.39. The van der Waals surface area contributed by atoms with Gasteiger partial charge in [0, 0.05) is 49.9 Å². The molecule has 6 rings (SSSR count).